The van der Waals surface area contributed by atoms with Crippen molar-refractivity contribution in [3.05, 3.63) is 72.3 Å². The molecular formula is C24H23FN4O2S. The second-order valence-corrected chi connectivity index (χ2v) is 11.2. The molecule has 0 N–H and O–H groups in total. The number of fused-ring (bicyclic) bond motifs is 2. The molecule has 2 fully saturated rings. The summed E-state index contributed by atoms with van der Waals surface area (Å²) in [4.78, 5) is 13.7. The third kappa shape index (κ3) is 3.04. The van der Waals surface area contributed by atoms with Crippen LogP contribution in [-0.2, 0) is 15.3 Å². The van der Waals surface area contributed by atoms with E-state index in [0.29, 0.717) is 30.2 Å². The summed E-state index contributed by atoms with van der Waals surface area (Å²) in [7, 11) is -2.98. The van der Waals surface area contributed by atoms with Crippen LogP contribution in [-0.4, -0.2) is 54.0 Å². The van der Waals surface area contributed by atoms with Crippen LogP contribution >= 0.6 is 0 Å². The van der Waals surface area contributed by atoms with Gasteiger partial charge in [0.25, 0.3) is 0 Å². The van der Waals surface area contributed by atoms with E-state index in [1.807, 2.05) is 6.07 Å². The molecule has 32 heavy (non-hydrogen) atoms. The number of anilines is 2. The molecular weight excluding hydrogens is 427 g/mol. The van der Waals surface area contributed by atoms with Crippen molar-refractivity contribution in [2.75, 3.05) is 29.5 Å². The van der Waals surface area contributed by atoms with Gasteiger partial charge in [-0.05, 0) is 30.5 Å². The van der Waals surface area contributed by atoms with Gasteiger partial charge in [-0.15, -0.1) is 0 Å². The highest BCUT2D eigenvalue weighted by Gasteiger charge is 2.61. The van der Waals surface area contributed by atoms with E-state index < -0.39 is 9.84 Å². The maximum atomic E-state index is 14.2. The van der Waals surface area contributed by atoms with Crippen LogP contribution < -0.4 is 4.90 Å². The molecule has 1 saturated carbocycles. The Balaban J connectivity index is 1.41. The fourth-order valence-electron chi connectivity index (χ4n) is 5.27. The van der Waals surface area contributed by atoms with Crippen LogP contribution in [0.1, 0.15) is 18.4 Å². The lowest BCUT2D eigenvalue weighted by Gasteiger charge is -2.40. The van der Waals surface area contributed by atoms with Crippen molar-refractivity contribution >= 4 is 21.5 Å². The van der Waals surface area contributed by atoms with Crippen molar-refractivity contribution in [2.45, 2.75) is 24.4 Å². The highest BCUT2D eigenvalue weighted by atomic mass is 32.2. The number of nitrogens with zero attached hydrogens (tertiary/aromatic N) is 4. The third-order valence-electron chi connectivity index (χ3n) is 6.99. The molecule has 1 aromatic heterocycles. The SMILES string of the molecule is O=S1(=O)CCN(C2N(c3ncc(-c4ccccc4F)cn3)c3ccccc3C23CC3)CC1. The summed E-state index contributed by atoms with van der Waals surface area (Å²) in [6, 6.07) is 14.9. The van der Waals surface area contributed by atoms with Crippen LogP contribution in [0.2, 0.25) is 0 Å². The molecule has 6 rings (SSSR count). The first kappa shape index (κ1) is 19.8. The normalized spacial score (nSPS) is 23.3. The smallest absolute Gasteiger partial charge is 0.231 e. The summed E-state index contributed by atoms with van der Waals surface area (Å²) < 4.78 is 38.4. The van der Waals surface area contributed by atoms with E-state index in [1.165, 1.54) is 11.6 Å². The molecule has 1 saturated heterocycles. The number of sulfone groups is 1. The van der Waals surface area contributed by atoms with Gasteiger partial charge in [-0.3, -0.25) is 9.80 Å². The second kappa shape index (κ2) is 7.08. The largest absolute Gasteiger partial charge is 0.293 e. The average molecular weight is 451 g/mol. The summed E-state index contributed by atoms with van der Waals surface area (Å²) in [5, 5.41) is 0. The first-order valence-electron chi connectivity index (χ1n) is 10.9. The van der Waals surface area contributed by atoms with Crippen molar-refractivity contribution in [1.82, 2.24) is 14.9 Å². The van der Waals surface area contributed by atoms with E-state index in [-0.39, 0.29) is 28.9 Å². The zero-order valence-electron chi connectivity index (χ0n) is 17.5. The Morgan fingerprint density at radius 1 is 0.938 bits per heavy atom. The minimum absolute atomic E-state index is 0.0188. The van der Waals surface area contributed by atoms with E-state index in [9.17, 15) is 12.8 Å². The topological polar surface area (TPSA) is 66.4 Å². The highest BCUT2D eigenvalue weighted by molar-refractivity contribution is 7.91. The molecule has 6 nitrogen and oxygen atoms in total. The molecule has 0 radical (unpaired) electrons. The molecule has 0 bridgehead atoms. The molecule has 2 aromatic carbocycles. The Morgan fingerprint density at radius 2 is 1.59 bits per heavy atom. The van der Waals surface area contributed by atoms with E-state index >= 15 is 0 Å². The minimum Gasteiger partial charge on any atom is -0.293 e. The van der Waals surface area contributed by atoms with E-state index in [0.717, 1.165) is 18.5 Å². The molecule has 8 heteroatoms. The maximum Gasteiger partial charge on any atom is 0.231 e. The zero-order valence-corrected chi connectivity index (χ0v) is 18.3. The van der Waals surface area contributed by atoms with Crippen LogP contribution in [0.4, 0.5) is 16.0 Å². The average Bonchev–Trinajstić information content (AvgIpc) is 3.54. The monoisotopic (exact) mass is 450 g/mol. The summed E-state index contributed by atoms with van der Waals surface area (Å²) in [6.45, 7) is 1.01. The molecule has 0 amide bonds. The molecule has 3 aromatic rings. The van der Waals surface area contributed by atoms with Gasteiger partial charge in [-0.1, -0.05) is 36.4 Å². The lowest BCUT2D eigenvalue weighted by Crippen LogP contribution is -2.55. The van der Waals surface area contributed by atoms with Gasteiger partial charge in [0.1, 0.15) is 5.82 Å². The van der Waals surface area contributed by atoms with Crippen LogP contribution in [0.25, 0.3) is 11.1 Å². The van der Waals surface area contributed by atoms with Crippen molar-refractivity contribution in [1.29, 1.82) is 0 Å². The lowest BCUT2D eigenvalue weighted by atomic mass is 9.95. The summed E-state index contributed by atoms with van der Waals surface area (Å²) in [6.07, 6.45) is 5.43. The van der Waals surface area contributed by atoms with Gasteiger partial charge in [0.2, 0.25) is 5.95 Å². The van der Waals surface area contributed by atoms with Crippen molar-refractivity contribution in [3.8, 4) is 11.1 Å². The van der Waals surface area contributed by atoms with Crippen LogP contribution in [0.15, 0.2) is 60.9 Å². The number of rotatable bonds is 3. The zero-order chi connectivity index (χ0) is 21.9. The first-order valence-corrected chi connectivity index (χ1v) is 12.7. The maximum absolute atomic E-state index is 14.2. The number of halogens is 1. The quantitative estimate of drug-likeness (QED) is 0.608. The van der Waals surface area contributed by atoms with Gasteiger partial charge in [0.15, 0.2) is 9.84 Å². The van der Waals surface area contributed by atoms with Crippen LogP contribution in [0.5, 0.6) is 0 Å². The molecule has 2 aliphatic heterocycles. The fraction of sp³-hybridized carbons (Fsp3) is 0.333. The van der Waals surface area contributed by atoms with Gasteiger partial charge >= 0.3 is 0 Å². The summed E-state index contributed by atoms with van der Waals surface area (Å²) in [5.74, 6) is 0.604. The molecule has 3 heterocycles. The minimum atomic E-state index is -2.98. The standard InChI is InChI=1S/C24H23FN4O2S/c25-20-7-3-1-5-18(20)17-15-26-23(27-16-17)29-21-8-4-2-6-19(21)24(9-10-24)22(29)28-11-13-32(30,31)14-12-28/h1-8,15-16,22H,9-14H2. The van der Waals surface area contributed by atoms with E-state index in [4.69, 9.17) is 0 Å². The second-order valence-electron chi connectivity index (χ2n) is 8.86. The van der Waals surface area contributed by atoms with Crippen molar-refractivity contribution < 1.29 is 12.8 Å². The van der Waals surface area contributed by atoms with Crippen molar-refractivity contribution in [2.24, 2.45) is 0 Å². The Morgan fingerprint density at radius 3 is 2.28 bits per heavy atom. The molecule has 1 unspecified atom stereocenters. The highest BCUT2D eigenvalue weighted by Crippen LogP contribution is 2.62. The summed E-state index contributed by atoms with van der Waals surface area (Å²) in [5.41, 5.74) is 3.42. The molecule has 1 atom stereocenters. The Kier molecular flexibility index (Phi) is 4.39. The number of benzene rings is 2. The van der Waals surface area contributed by atoms with E-state index in [1.54, 1.807) is 30.6 Å². The van der Waals surface area contributed by atoms with Crippen LogP contribution in [0, 0.1) is 5.82 Å². The van der Waals surface area contributed by atoms with Gasteiger partial charge in [0.05, 0.1) is 17.7 Å². The number of para-hydroxylation sites is 1. The summed E-state index contributed by atoms with van der Waals surface area (Å²) >= 11 is 0. The molecule has 164 valence electrons. The fourth-order valence-corrected chi connectivity index (χ4v) is 6.50. The number of hydrogen-bond donors (Lipinski definition) is 0. The lowest BCUT2D eigenvalue weighted by molar-refractivity contribution is 0.186. The van der Waals surface area contributed by atoms with E-state index in [2.05, 4.69) is 38.0 Å². The van der Waals surface area contributed by atoms with Gasteiger partial charge < -0.3 is 0 Å². The number of aromatic nitrogens is 2. The van der Waals surface area contributed by atoms with Crippen LogP contribution in [0.3, 0.4) is 0 Å². The van der Waals surface area contributed by atoms with Gasteiger partial charge in [-0.25, -0.2) is 22.8 Å². The molecule has 1 spiro atoms. The van der Waals surface area contributed by atoms with Crippen molar-refractivity contribution in [3.63, 3.8) is 0 Å². The Hall–Kier alpha value is -2.84. The predicted molar refractivity (Wildman–Crippen MR) is 121 cm³/mol. The third-order valence-corrected chi connectivity index (χ3v) is 8.60. The van der Waals surface area contributed by atoms with Gasteiger partial charge in [0, 0.05) is 47.7 Å². The Bertz CT molecular complexity index is 1280. The number of hydrogen-bond acceptors (Lipinski definition) is 6. The molecule has 1 aliphatic carbocycles. The first-order chi connectivity index (χ1) is 15.5. The predicted octanol–water partition coefficient (Wildman–Crippen LogP) is 3.52. The Labute approximate surface area is 186 Å². The molecule has 3 aliphatic rings. The van der Waals surface area contributed by atoms with Gasteiger partial charge in [-0.2, -0.15) is 0 Å².